The molecular formula is C14H18BNO5S. The predicted octanol–water partition coefficient (Wildman–Crippen LogP) is 0.252. The largest absolute Gasteiger partial charge is 0.526 e. The van der Waals surface area contributed by atoms with Crippen LogP contribution < -0.4 is 5.66 Å². The van der Waals surface area contributed by atoms with Crippen molar-refractivity contribution in [3.8, 4) is 0 Å². The van der Waals surface area contributed by atoms with E-state index in [1.807, 2.05) is 18.2 Å². The molecule has 118 valence electrons. The molecule has 1 aliphatic rings. The maximum Gasteiger partial charge on any atom is 0.526 e. The lowest BCUT2D eigenvalue weighted by Gasteiger charge is -2.30. The number of nitrogens with zero attached hydrogens (tertiary/aromatic N) is 1. The molecule has 1 saturated heterocycles. The summed E-state index contributed by atoms with van der Waals surface area (Å²) in [5, 5.41) is 20.0. The first-order valence-corrected chi connectivity index (χ1v) is 9.05. The average molecular weight is 323 g/mol. The molecule has 2 aromatic rings. The number of sulfonamides is 1. The Morgan fingerprint density at radius 2 is 1.86 bits per heavy atom. The summed E-state index contributed by atoms with van der Waals surface area (Å²) in [6.45, 7) is 0.869. The molecule has 0 unspecified atom stereocenters. The number of hydrogen-bond acceptors (Lipinski definition) is 5. The van der Waals surface area contributed by atoms with Gasteiger partial charge in [0.2, 0.25) is 10.0 Å². The number of fused-ring (bicyclic) bond motifs is 1. The first-order chi connectivity index (χ1) is 10.4. The second kappa shape index (κ2) is 5.70. The van der Waals surface area contributed by atoms with Crippen LogP contribution in [0.15, 0.2) is 28.7 Å². The van der Waals surface area contributed by atoms with E-state index in [2.05, 4.69) is 0 Å². The molecule has 0 saturated carbocycles. The molecule has 0 spiro atoms. The van der Waals surface area contributed by atoms with Gasteiger partial charge in [0.1, 0.15) is 11.2 Å². The van der Waals surface area contributed by atoms with Gasteiger partial charge in [-0.15, -0.1) is 0 Å². The molecule has 1 aromatic carbocycles. The second-order valence-corrected chi connectivity index (χ2v) is 7.67. The lowest BCUT2D eigenvalue weighted by Crippen LogP contribution is -2.39. The van der Waals surface area contributed by atoms with E-state index in [0.717, 1.165) is 10.9 Å². The normalized spacial score (nSPS) is 18.0. The summed E-state index contributed by atoms with van der Waals surface area (Å²) in [5.74, 6) is 0.0541. The smallest absolute Gasteiger partial charge is 0.464 e. The van der Waals surface area contributed by atoms with Gasteiger partial charge in [0, 0.05) is 24.0 Å². The van der Waals surface area contributed by atoms with Gasteiger partial charge in [-0.05, 0) is 24.8 Å². The third-order valence-corrected chi connectivity index (χ3v) is 5.53. The summed E-state index contributed by atoms with van der Waals surface area (Å²) in [6.07, 6.45) is 2.48. The molecule has 0 aliphatic carbocycles. The van der Waals surface area contributed by atoms with E-state index in [1.165, 1.54) is 10.6 Å². The zero-order chi connectivity index (χ0) is 15.9. The van der Waals surface area contributed by atoms with Crippen LogP contribution in [0.25, 0.3) is 11.0 Å². The first kappa shape index (κ1) is 15.5. The van der Waals surface area contributed by atoms with Crippen LogP contribution in [-0.2, 0) is 10.0 Å². The second-order valence-electron chi connectivity index (χ2n) is 5.69. The van der Waals surface area contributed by atoms with E-state index in [4.69, 9.17) is 4.42 Å². The highest BCUT2D eigenvalue weighted by atomic mass is 32.2. The summed E-state index contributed by atoms with van der Waals surface area (Å²) in [6, 6.07) is 7.38. The van der Waals surface area contributed by atoms with Crippen LogP contribution >= 0.6 is 0 Å². The monoisotopic (exact) mass is 323 g/mol. The highest BCUT2D eigenvalue weighted by Crippen LogP contribution is 2.33. The molecule has 1 aromatic heterocycles. The summed E-state index contributed by atoms with van der Waals surface area (Å²) in [4.78, 5) is 0. The van der Waals surface area contributed by atoms with Crippen molar-refractivity contribution in [2.24, 2.45) is 0 Å². The summed E-state index contributed by atoms with van der Waals surface area (Å²) >= 11 is 0. The molecular weight excluding hydrogens is 305 g/mol. The Bertz CT molecular complexity index is 778. The minimum atomic E-state index is -3.18. The van der Waals surface area contributed by atoms with Crippen molar-refractivity contribution in [1.82, 2.24) is 4.31 Å². The Morgan fingerprint density at radius 3 is 2.45 bits per heavy atom. The number of para-hydroxylation sites is 1. The van der Waals surface area contributed by atoms with E-state index >= 15 is 0 Å². The number of piperidine rings is 1. The van der Waals surface area contributed by atoms with Crippen LogP contribution in [0, 0.1) is 0 Å². The van der Waals surface area contributed by atoms with Gasteiger partial charge in [-0.2, -0.15) is 0 Å². The van der Waals surface area contributed by atoms with Crippen molar-refractivity contribution >= 4 is 33.8 Å². The fourth-order valence-corrected chi connectivity index (χ4v) is 4.05. The van der Waals surface area contributed by atoms with Gasteiger partial charge < -0.3 is 14.5 Å². The topological polar surface area (TPSA) is 91.0 Å². The fraction of sp³-hybridized carbons (Fsp3) is 0.429. The SMILES string of the molecule is CS(=O)(=O)N1CCC(c2c(B(O)O)oc3ccccc23)CC1. The molecule has 2 N–H and O–H groups in total. The highest BCUT2D eigenvalue weighted by Gasteiger charge is 2.33. The van der Waals surface area contributed by atoms with Gasteiger partial charge in [0.25, 0.3) is 0 Å². The quantitative estimate of drug-likeness (QED) is 0.790. The Kier molecular flexibility index (Phi) is 4.02. The van der Waals surface area contributed by atoms with E-state index in [1.54, 1.807) is 6.07 Å². The minimum Gasteiger partial charge on any atom is -0.464 e. The van der Waals surface area contributed by atoms with Crippen LogP contribution in [0.2, 0.25) is 0 Å². The Morgan fingerprint density at radius 1 is 1.23 bits per heavy atom. The number of furan rings is 1. The summed E-state index contributed by atoms with van der Waals surface area (Å²) < 4.78 is 30.2. The van der Waals surface area contributed by atoms with E-state index in [9.17, 15) is 18.5 Å². The maximum atomic E-state index is 11.6. The van der Waals surface area contributed by atoms with Crippen molar-refractivity contribution in [2.45, 2.75) is 18.8 Å². The molecule has 22 heavy (non-hydrogen) atoms. The number of rotatable bonds is 3. The first-order valence-electron chi connectivity index (χ1n) is 7.20. The van der Waals surface area contributed by atoms with Crippen LogP contribution in [0.3, 0.4) is 0 Å². The Labute approximate surface area is 129 Å². The maximum absolute atomic E-state index is 11.6. The van der Waals surface area contributed by atoms with Gasteiger partial charge in [-0.1, -0.05) is 18.2 Å². The third-order valence-electron chi connectivity index (χ3n) is 4.23. The molecule has 0 amide bonds. The van der Waals surface area contributed by atoms with E-state index in [0.29, 0.717) is 31.5 Å². The Balaban J connectivity index is 1.95. The lowest BCUT2D eigenvalue weighted by atomic mass is 9.77. The molecule has 2 heterocycles. The van der Waals surface area contributed by atoms with Crippen LogP contribution in [-0.4, -0.2) is 49.2 Å². The van der Waals surface area contributed by atoms with Crippen molar-refractivity contribution in [1.29, 1.82) is 0 Å². The molecule has 1 aliphatic heterocycles. The molecule has 8 heteroatoms. The summed E-state index contributed by atoms with van der Waals surface area (Å²) in [5.41, 5.74) is 1.57. The Hall–Kier alpha value is -1.35. The zero-order valence-corrected chi connectivity index (χ0v) is 13.1. The highest BCUT2D eigenvalue weighted by molar-refractivity contribution is 7.88. The molecule has 0 bridgehead atoms. The number of benzene rings is 1. The van der Waals surface area contributed by atoms with Crippen molar-refractivity contribution in [2.75, 3.05) is 19.3 Å². The van der Waals surface area contributed by atoms with Gasteiger partial charge >= 0.3 is 7.12 Å². The van der Waals surface area contributed by atoms with Gasteiger partial charge in [0.15, 0.2) is 0 Å². The van der Waals surface area contributed by atoms with Crippen LogP contribution in [0.5, 0.6) is 0 Å². The molecule has 0 radical (unpaired) electrons. The van der Waals surface area contributed by atoms with Crippen molar-refractivity contribution < 1.29 is 22.9 Å². The third kappa shape index (κ3) is 2.79. The van der Waals surface area contributed by atoms with Gasteiger partial charge in [-0.25, -0.2) is 12.7 Å². The lowest BCUT2D eigenvalue weighted by molar-refractivity contribution is 0.321. The van der Waals surface area contributed by atoms with Crippen molar-refractivity contribution in [3.63, 3.8) is 0 Å². The summed E-state index contributed by atoms with van der Waals surface area (Å²) in [7, 11) is -4.85. The number of hydrogen-bond donors (Lipinski definition) is 2. The van der Waals surface area contributed by atoms with Crippen molar-refractivity contribution in [3.05, 3.63) is 29.8 Å². The van der Waals surface area contributed by atoms with E-state index < -0.39 is 17.1 Å². The van der Waals surface area contributed by atoms with Crippen LogP contribution in [0.4, 0.5) is 0 Å². The standard InChI is InChI=1S/C14H18BNO5S/c1-22(19,20)16-8-6-10(7-9-16)13-11-4-2-3-5-12(11)21-14(13)15(17)18/h2-5,10,17-18H,6-9H2,1H3. The zero-order valence-electron chi connectivity index (χ0n) is 12.3. The van der Waals surface area contributed by atoms with Crippen LogP contribution in [0.1, 0.15) is 24.3 Å². The van der Waals surface area contributed by atoms with E-state index in [-0.39, 0.29) is 11.6 Å². The minimum absolute atomic E-state index is 0.0541. The van der Waals surface area contributed by atoms with Gasteiger partial charge in [0.05, 0.1) is 6.26 Å². The average Bonchev–Trinajstić information content (AvgIpc) is 2.86. The predicted molar refractivity (Wildman–Crippen MR) is 84.4 cm³/mol. The molecule has 6 nitrogen and oxygen atoms in total. The molecule has 3 rings (SSSR count). The fourth-order valence-electron chi connectivity index (χ4n) is 3.17. The van der Waals surface area contributed by atoms with Gasteiger partial charge in [-0.3, -0.25) is 0 Å². The molecule has 1 fully saturated rings. The molecule has 0 atom stereocenters.